The van der Waals surface area contributed by atoms with Gasteiger partial charge in [0.25, 0.3) is 0 Å². The minimum absolute atomic E-state index is 0.0371. The fourth-order valence-corrected chi connectivity index (χ4v) is 4.64. The van der Waals surface area contributed by atoms with E-state index >= 15 is 0 Å². The SMILES string of the molecule is COc1ccc2c(c1)c(CC(=O)O)c(C)n2C1CCN(Cc2ccccc2)CC1. The lowest BCUT2D eigenvalue weighted by molar-refractivity contribution is -0.136. The number of rotatable bonds is 6. The Morgan fingerprint density at radius 1 is 1.14 bits per heavy atom. The van der Waals surface area contributed by atoms with E-state index in [9.17, 15) is 9.90 Å². The lowest BCUT2D eigenvalue weighted by Gasteiger charge is -2.34. The maximum atomic E-state index is 11.5. The van der Waals surface area contributed by atoms with Crippen molar-refractivity contribution in [2.45, 2.75) is 38.8 Å². The van der Waals surface area contributed by atoms with E-state index < -0.39 is 5.97 Å². The third kappa shape index (κ3) is 4.01. The van der Waals surface area contributed by atoms with Gasteiger partial charge in [-0.1, -0.05) is 30.3 Å². The van der Waals surface area contributed by atoms with E-state index in [0.29, 0.717) is 6.04 Å². The van der Waals surface area contributed by atoms with Crippen LogP contribution in [0.3, 0.4) is 0 Å². The number of carboxylic acid groups (broad SMARTS) is 1. The van der Waals surface area contributed by atoms with Crippen molar-refractivity contribution in [3.63, 3.8) is 0 Å². The third-order valence-electron chi connectivity index (χ3n) is 6.09. The molecule has 0 spiro atoms. The van der Waals surface area contributed by atoms with Gasteiger partial charge < -0.3 is 14.4 Å². The number of carbonyl (C=O) groups is 1. The van der Waals surface area contributed by atoms with Crippen molar-refractivity contribution in [3.8, 4) is 5.75 Å². The van der Waals surface area contributed by atoms with Crippen molar-refractivity contribution in [2.75, 3.05) is 20.2 Å². The summed E-state index contributed by atoms with van der Waals surface area (Å²) in [5, 5.41) is 10.4. The van der Waals surface area contributed by atoms with E-state index in [0.717, 1.165) is 60.4 Å². The lowest BCUT2D eigenvalue weighted by Crippen LogP contribution is -2.34. The summed E-state index contributed by atoms with van der Waals surface area (Å²) in [7, 11) is 1.64. The molecule has 0 bridgehead atoms. The number of piperidine rings is 1. The third-order valence-corrected chi connectivity index (χ3v) is 6.09. The summed E-state index contributed by atoms with van der Waals surface area (Å²) in [6, 6.07) is 17.0. The molecular weight excluding hydrogens is 364 g/mol. The predicted octanol–water partition coefficient (Wildman–Crippen LogP) is 4.42. The summed E-state index contributed by atoms with van der Waals surface area (Å²) in [5.74, 6) is -0.0355. The summed E-state index contributed by atoms with van der Waals surface area (Å²) >= 11 is 0. The highest BCUT2D eigenvalue weighted by Gasteiger charge is 2.26. The van der Waals surface area contributed by atoms with Crippen LogP contribution in [0.15, 0.2) is 48.5 Å². The number of ether oxygens (including phenoxy) is 1. The molecule has 152 valence electrons. The van der Waals surface area contributed by atoms with E-state index in [1.54, 1.807) is 7.11 Å². The van der Waals surface area contributed by atoms with E-state index in [2.05, 4.69) is 52.8 Å². The molecule has 1 saturated heterocycles. The smallest absolute Gasteiger partial charge is 0.307 e. The Balaban J connectivity index is 1.59. The summed E-state index contributed by atoms with van der Waals surface area (Å²) in [6.07, 6.45) is 2.17. The molecule has 1 fully saturated rings. The summed E-state index contributed by atoms with van der Waals surface area (Å²) in [5.41, 5.74) is 4.43. The molecule has 4 rings (SSSR count). The van der Waals surface area contributed by atoms with Crippen LogP contribution in [0.25, 0.3) is 10.9 Å². The van der Waals surface area contributed by atoms with Crippen LogP contribution in [-0.2, 0) is 17.8 Å². The summed E-state index contributed by atoms with van der Waals surface area (Å²) in [4.78, 5) is 14.0. The van der Waals surface area contributed by atoms with Gasteiger partial charge in [-0.2, -0.15) is 0 Å². The van der Waals surface area contributed by atoms with Gasteiger partial charge in [-0.25, -0.2) is 0 Å². The fourth-order valence-electron chi connectivity index (χ4n) is 4.64. The van der Waals surface area contributed by atoms with Crippen molar-refractivity contribution < 1.29 is 14.6 Å². The van der Waals surface area contributed by atoms with Crippen molar-refractivity contribution >= 4 is 16.9 Å². The number of hydrogen-bond acceptors (Lipinski definition) is 3. The first kappa shape index (κ1) is 19.5. The Morgan fingerprint density at radius 2 is 1.86 bits per heavy atom. The maximum Gasteiger partial charge on any atom is 0.307 e. The fraction of sp³-hybridized carbons (Fsp3) is 0.375. The van der Waals surface area contributed by atoms with Crippen molar-refractivity contribution in [1.29, 1.82) is 0 Å². The molecule has 0 saturated carbocycles. The number of hydrogen-bond donors (Lipinski definition) is 1. The molecule has 29 heavy (non-hydrogen) atoms. The number of carboxylic acids is 1. The number of benzene rings is 2. The topological polar surface area (TPSA) is 54.7 Å². The quantitative estimate of drug-likeness (QED) is 0.675. The molecule has 5 nitrogen and oxygen atoms in total. The average Bonchev–Trinajstić information content (AvgIpc) is 3.00. The van der Waals surface area contributed by atoms with E-state index in [4.69, 9.17) is 4.74 Å². The van der Waals surface area contributed by atoms with Crippen LogP contribution in [0.4, 0.5) is 0 Å². The average molecular weight is 392 g/mol. The minimum atomic E-state index is -0.798. The monoisotopic (exact) mass is 392 g/mol. The van der Waals surface area contributed by atoms with Crippen LogP contribution in [0.5, 0.6) is 5.75 Å². The number of fused-ring (bicyclic) bond motifs is 1. The first-order valence-electron chi connectivity index (χ1n) is 10.2. The molecular formula is C24H28N2O3. The molecule has 1 aliphatic rings. The van der Waals surface area contributed by atoms with E-state index in [1.807, 2.05) is 12.1 Å². The molecule has 0 amide bonds. The molecule has 1 aromatic heterocycles. The van der Waals surface area contributed by atoms with Gasteiger partial charge in [0.15, 0.2) is 0 Å². The van der Waals surface area contributed by atoms with E-state index in [-0.39, 0.29) is 6.42 Å². The highest BCUT2D eigenvalue weighted by atomic mass is 16.5. The standard InChI is InChI=1S/C24H28N2O3/c1-17-21(15-24(27)28)22-14-20(29-2)8-9-23(22)26(17)19-10-12-25(13-11-19)16-18-6-4-3-5-7-18/h3-9,14,19H,10-13,15-16H2,1-2H3,(H,27,28). The van der Waals surface area contributed by atoms with Gasteiger partial charge in [-0.3, -0.25) is 9.69 Å². The van der Waals surface area contributed by atoms with E-state index in [1.165, 1.54) is 5.56 Å². The molecule has 0 atom stereocenters. The molecule has 0 radical (unpaired) electrons. The van der Waals surface area contributed by atoms with Gasteiger partial charge in [-0.15, -0.1) is 0 Å². The van der Waals surface area contributed by atoms with Crippen LogP contribution < -0.4 is 4.74 Å². The molecule has 5 heteroatoms. The zero-order valence-corrected chi connectivity index (χ0v) is 17.1. The van der Waals surface area contributed by atoms with Gasteiger partial charge in [0, 0.05) is 42.3 Å². The zero-order chi connectivity index (χ0) is 20.4. The first-order chi connectivity index (χ1) is 14.1. The second-order valence-electron chi connectivity index (χ2n) is 7.88. The van der Waals surface area contributed by atoms with Crippen molar-refractivity contribution in [1.82, 2.24) is 9.47 Å². The second-order valence-corrected chi connectivity index (χ2v) is 7.88. The van der Waals surface area contributed by atoms with Crippen LogP contribution in [0.1, 0.15) is 35.7 Å². The van der Waals surface area contributed by atoms with Gasteiger partial charge >= 0.3 is 5.97 Å². The lowest BCUT2D eigenvalue weighted by atomic mass is 10.0. The minimum Gasteiger partial charge on any atom is -0.497 e. The Hall–Kier alpha value is -2.79. The number of likely N-dealkylation sites (tertiary alicyclic amines) is 1. The first-order valence-corrected chi connectivity index (χ1v) is 10.2. The number of aliphatic carboxylic acids is 1. The Morgan fingerprint density at radius 3 is 2.52 bits per heavy atom. The Kier molecular flexibility index (Phi) is 5.58. The van der Waals surface area contributed by atoms with Gasteiger partial charge in [0.05, 0.1) is 13.5 Å². The molecule has 2 aromatic carbocycles. The number of methoxy groups -OCH3 is 1. The Bertz CT molecular complexity index is 1000. The van der Waals surface area contributed by atoms with Gasteiger partial charge in [-0.05, 0) is 49.1 Å². The van der Waals surface area contributed by atoms with Crippen LogP contribution >= 0.6 is 0 Å². The second kappa shape index (κ2) is 8.29. The zero-order valence-electron chi connectivity index (χ0n) is 17.1. The largest absolute Gasteiger partial charge is 0.497 e. The summed E-state index contributed by atoms with van der Waals surface area (Å²) < 4.78 is 7.75. The van der Waals surface area contributed by atoms with Crippen molar-refractivity contribution in [3.05, 3.63) is 65.4 Å². The molecule has 1 aliphatic heterocycles. The van der Waals surface area contributed by atoms with Crippen LogP contribution in [0, 0.1) is 6.92 Å². The van der Waals surface area contributed by atoms with Crippen LogP contribution in [0.2, 0.25) is 0 Å². The number of nitrogens with zero attached hydrogens (tertiary/aromatic N) is 2. The normalized spacial score (nSPS) is 15.7. The van der Waals surface area contributed by atoms with Crippen molar-refractivity contribution in [2.24, 2.45) is 0 Å². The highest BCUT2D eigenvalue weighted by Crippen LogP contribution is 2.35. The molecule has 3 aromatic rings. The predicted molar refractivity (Wildman–Crippen MR) is 115 cm³/mol. The molecule has 0 unspecified atom stereocenters. The summed E-state index contributed by atoms with van der Waals surface area (Å²) in [6.45, 7) is 5.13. The molecule has 1 N–H and O–H groups in total. The Labute approximate surface area is 171 Å². The number of aromatic nitrogens is 1. The van der Waals surface area contributed by atoms with Crippen LogP contribution in [-0.4, -0.2) is 40.7 Å². The van der Waals surface area contributed by atoms with Gasteiger partial charge in [0.2, 0.25) is 0 Å². The highest BCUT2D eigenvalue weighted by molar-refractivity contribution is 5.90. The van der Waals surface area contributed by atoms with Gasteiger partial charge in [0.1, 0.15) is 5.75 Å². The maximum absolute atomic E-state index is 11.5. The molecule has 0 aliphatic carbocycles. The molecule has 2 heterocycles.